The van der Waals surface area contributed by atoms with Gasteiger partial charge in [0.25, 0.3) is 0 Å². The maximum atomic E-state index is 12.8. The summed E-state index contributed by atoms with van der Waals surface area (Å²) in [6.45, 7) is 3.85. The summed E-state index contributed by atoms with van der Waals surface area (Å²) in [5.74, 6) is -1.03. The molecule has 0 aliphatic carbocycles. The van der Waals surface area contributed by atoms with Gasteiger partial charge in [-0.2, -0.15) is 0 Å². The van der Waals surface area contributed by atoms with Crippen molar-refractivity contribution in [2.75, 3.05) is 11.9 Å². The molecule has 0 bridgehead atoms. The van der Waals surface area contributed by atoms with Crippen LogP contribution in [0.1, 0.15) is 34.3 Å². The molecule has 0 unspecified atom stereocenters. The zero-order valence-corrected chi connectivity index (χ0v) is 14.1. The quantitative estimate of drug-likeness (QED) is 0.745. The maximum absolute atomic E-state index is 12.8. The molecule has 0 saturated carbocycles. The number of hydrogen-bond donors (Lipinski definition) is 2. The molecule has 0 radical (unpaired) electrons. The van der Waals surface area contributed by atoms with E-state index in [9.17, 15) is 14.0 Å². The summed E-state index contributed by atoms with van der Waals surface area (Å²) in [4.78, 5) is 23.2. The lowest BCUT2D eigenvalue weighted by Gasteiger charge is -2.12. The van der Waals surface area contributed by atoms with Crippen molar-refractivity contribution in [3.63, 3.8) is 0 Å². The first-order valence-corrected chi connectivity index (χ1v) is 7.89. The first-order chi connectivity index (χ1) is 11.9. The Morgan fingerprint density at radius 2 is 1.80 bits per heavy atom. The Morgan fingerprint density at radius 3 is 2.44 bits per heavy atom. The second-order valence-electron chi connectivity index (χ2n) is 5.74. The first-order valence-electron chi connectivity index (χ1n) is 7.89. The summed E-state index contributed by atoms with van der Waals surface area (Å²) < 4.78 is 18.2. The van der Waals surface area contributed by atoms with Gasteiger partial charge in [0.05, 0.1) is 12.2 Å². The summed E-state index contributed by atoms with van der Waals surface area (Å²) in [5, 5.41) is 11.9. The number of carboxylic acid groups (broad SMARTS) is 1. The van der Waals surface area contributed by atoms with Crippen LogP contribution in [-0.2, 0) is 4.79 Å². The van der Waals surface area contributed by atoms with Crippen molar-refractivity contribution >= 4 is 17.6 Å². The molecule has 2 aromatic carbocycles. The number of amides is 1. The molecular weight excluding hydrogens is 325 g/mol. The van der Waals surface area contributed by atoms with Crippen LogP contribution in [0.2, 0.25) is 0 Å². The van der Waals surface area contributed by atoms with Gasteiger partial charge in [0.2, 0.25) is 5.91 Å². The molecule has 25 heavy (non-hydrogen) atoms. The van der Waals surface area contributed by atoms with Crippen molar-refractivity contribution in [1.29, 1.82) is 0 Å². The van der Waals surface area contributed by atoms with Crippen molar-refractivity contribution < 1.29 is 23.8 Å². The molecule has 2 N–H and O–H groups in total. The topological polar surface area (TPSA) is 75.6 Å². The number of ether oxygens (including phenoxy) is 1. The Kier molecular flexibility index (Phi) is 6.11. The minimum Gasteiger partial charge on any atom is -0.494 e. The van der Waals surface area contributed by atoms with Crippen LogP contribution < -0.4 is 10.1 Å². The predicted octanol–water partition coefficient (Wildman–Crippen LogP) is 3.94. The number of anilines is 1. The normalized spacial score (nSPS) is 10.4. The van der Waals surface area contributed by atoms with E-state index >= 15 is 0 Å². The maximum Gasteiger partial charge on any atom is 0.336 e. The van der Waals surface area contributed by atoms with Crippen LogP contribution in [0, 0.1) is 19.7 Å². The number of rotatable bonds is 7. The largest absolute Gasteiger partial charge is 0.494 e. The van der Waals surface area contributed by atoms with E-state index in [1.54, 1.807) is 13.0 Å². The summed E-state index contributed by atoms with van der Waals surface area (Å²) >= 11 is 0. The van der Waals surface area contributed by atoms with E-state index in [2.05, 4.69) is 5.32 Å². The van der Waals surface area contributed by atoms with E-state index in [0.717, 1.165) is 5.56 Å². The monoisotopic (exact) mass is 345 g/mol. The van der Waals surface area contributed by atoms with E-state index in [4.69, 9.17) is 9.84 Å². The zero-order chi connectivity index (χ0) is 18.4. The number of carbonyl (C=O) groups excluding carboxylic acids is 1. The lowest BCUT2D eigenvalue weighted by molar-refractivity contribution is -0.116. The van der Waals surface area contributed by atoms with E-state index in [0.29, 0.717) is 30.0 Å². The van der Waals surface area contributed by atoms with E-state index < -0.39 is 5.97 Å². The van der Waals surface area contributed by atoms with Crippen LogP contribution in [0.4, 0.5) is 10.1 Å². The number of carboxylic acids is 1. The van der Waals surface area contributed by atoms with Crippen molar-refractivity contribution in [2.24, 2.45) is 0 Å². The fourth-order valence-electron chi connectivity index (χ4n) is 2.38. The SMILES string of the molecule is Cc1cc(C)c(C(=O)O)cc1NC(=O)CCCOc1ccc(F)cc1. The third-order valence-corrected chi connectivity index (χ3v) is 3.71. The molecule has 0 fully saturated rings. The lowest BCUT2D eigenvalue weighted by atomic mass is 10.0. The number of nitrogens with one attached hydrogen (secondary N) is 1. The van der Waals surface area contributed by atoms with Gasteiger partial charge in [-0.1, -0.05) is 6.07 Å². The molecule has 0 spiro atoms. The molecule has 0 heterocycles. The average Bonchev–Trinajstić information content (AvgIpc) is 2.55. The van der Waals surface area contributed by atoms with Gasteiger partial charge < -0.3 is 15.2 Å². The number of hydrogen-bond acceptors (Lipinski definition) is 3. The van der Waals surface area contributed by atoms with Crippen LogP contribution in [0.25, 0.3) is 0 Å². The molecular formula is C19H20FNO4. The van der Waals surface area contributed by atoms with Gasteiger partial charge in [0.15, 0.2) is 0 Å². The van der Waals surface area contributed by atoms with Gasteiger partial charge in [-0.05, 0) is 61.7 Å². The Hall–Kier alpha value is -2.89. The summed E-state index contributed by atoms with van der Waals surface area (Å²) in [7, 11) is 0. The highest BCUT2D eigenvalue weighted by Crippen LogP contribution is 2.21. The number of aryl methyl sites for hydroxylation is 2. The van der Waals surface area contributed by atoms with Crippen molar-refractivity contribution in [3.8, 4) is 5.75 Å². The molecule has 0 aliphatic heterocycles. The summed E-state index contributed by atoms with van der Waals surface area (Å²) in [6.07, 6.45) is 0.719. The van der Waals surface area contributed by atoms with Gasteiger partial charge in [0, 0.05) is 12.1 Å². The second-order valence-corrected chi connectivity index (χ2v) is 5.74. The molecule has 1 amide bonds. The number of benzene rings is 2. The third kappa shape index (κ3) is 5.31. The molecule has 2 rings (SSSR count). The highest BCUT2D eigenvalue weighted by molar-refractivity contribution is 5.95. The van der Waals surface area contributed by atoms with Crippen molar-refractivity contribution in [1.82, 2.24) is 0 Å². The smallest absolute Gasteiger partial charge is 0.336 e. The Labute approximate surface area is 145 Å². The molecule has 132 valence electrons. The lowest BCUT2D eigenvalue weighted by Crippen LogP contribution is -2.14. The number of aromatic carboxylic acids is 1. The highest BCUT2D eigenvalue weighted by atomic mass is 19.1. The Balaban J connectivity index is 1.85. The Morgan fingerprint density at radius 1 is 1.12 bits per heavy atom. The first kappa shape index (κ1) is 18.4. The molecule has 0 saturated heterocycles. The second kappa shape index (κ2) is 8.28. The zero-order valence-electron chi connectivity index (χ0n) is 14.1. The molecule has 0 aliphatic rings. The fraction of sp³-hybridized carbons (Fsp3) is 0.263. The minimum absolute atomic E-state index is 0.167. The Bertz CT molecular complexity index is 772. The van der Waals surface area contributed by atoms with Gasteiger partial charge in [0.1, 0.15) is 11.6 Å². The van der Waals surface area contributed by atoms with Crippen LogP contribution in [0.3, 0.4) is 0 Å². The molecule has 6 heteroatoms. The molecule has 2 aromatic rings. The number of halogens is 1. The highest BCUT2D eigenvalue weighted by Gasteiger charge is 2.12. The predicted molar refractivity (Wildman–Crippen MR) is 92.6 cm³/mol. The molecule has 0 atom stereocenters. The van der Waals surface area contributed by atoms with Crippen LogP contribution in [0.15, 0.2) is 36.4 Å². The standard InChI is InChI=1S/C19H20FNO4/c1-12-10-13(2)17(11-16(12)19(23)24)21-18(22)4-3-9-25-15-7-5-14(20)6-8-15/h5-8,10-11H,3-4,9H2,1-2H3,(H,21,22)(H,23,24). The van der Waals surface area contributed by atoms with Gasteiger partial charge in [-0.15, -0.1) is 0 Å². The van der Waals surface area contributed by atoms with Gasteiger partial charge >= 0.3 is 5.97 Å². The van der Waals surface area contributed by atoms with Gasteiger partial charge in [-0.3, -0.25) is 4.79 Å². The fourth-order valence-corrected chi connectivity index (χ4v) is 2.38. The van der Waals surface area contributed by atoms with Crippen molar-refractivity contribution in [3.05, 3.63) is 58.9 Å². The third-order valence-electron chi connectivity index (χ3n) is 3.71. The van der Waals surface area contributed by atoms with Crippen LogP contribution in [-0.4, -0.2) is 23.6 Å². The summed E-state index contributed by atoms with van der Waals surface area (Å²) in [5.41, 5.74) is 2.11. The van der Waals surface area contributed by atoms with Crippen LogP contribution >= 0.6 is 0 Å². The van der Waals surface area contributed by atoms with Crippen molar-refractivity contribution in [2.45, 2.75) is 26.7 Å². The molecule has 0 aromatic heterocycles. The van der Waals surface area contributed by atoms with E-state index in [-0.39, 0.29) is 23.7 Å². The van der Waals surface area contributed by atoms with E-state index in [1.807, 2.05) is 6.92 Å². The average molecular weight is 345 g/mol. The van der Waals surface area contributed by atoms with E-state index in [1.165, 1.54) is 30.3 Å². The molecule has 5 nitrogen and oxygen atoms in total. The van der Waals surface area contributed by atoms with Crippen LogP contribution in [0.5, 0.6) is 5.75 Å². The minimum atomic E-state index is -1.03. The number of carbonyl (C=O) groups is 2. The summed E-state index contributed by atoms with van der Waals surface area (Å²) in [6, 6.07) is 8.87. The van der Waals surface area contributed by atoms with Gasteiger partial charge in [-0.25, -0.2) is 9.18 Å².